The van der Waals surface area contributed by atoms with Crippen LogP contribution in [0.15, 0.2) is 36.4 Å². The smallest absolute Gasteiger partial charge is 0.341 e. The Kier molecular flexibility index (Phi) is 7.24. The van der Waals surface area contributed by atoms with Crippen LogP contribution < -0.4 is 5.32 Å². The summed E-state index contributed by atoms with van der Waals surface area (Å²) in [6.45, 7) is 4.13. The Morgan fingerprint density at radius 2 is 1.89 bits per heavy atom. The lowest BCUT2D eigenvalue weighted by Crippen LogP contribution is -2.35. The topological polar surface area (TPSA) is 41.6 Å². The van der Waals surface area contributed by atoms with Crippen LogP contribution in [0.3, 0.4) is 0 Å². The van der Waals surface area contributed by atoms with Gasteiger partial charge < -0.3 is 15.0 Å². The Morgan fingerprint density at radius 1 is 1.19 bits per heavy atom. The van der Waals surface area contributed by atoms with Crippen LogP contribution >= 0.6 is 23.6 Å². The van der Waals surface area contributed by atoms with E-state index in [9.17, 15) is 4.79 Å². The van der Waals surface area contributed by atoms with Crippen LogP contribution in [0.2, 0.25) is 0 Å². The molecule has 0 atom stereocenters. The number of ether oxygens (including phenoxy) is 1. The minimum Gasteiger partial charge on any atom is -0.462 e. The number of carbonyl (C=O) groups is 1. The Labute approximate surface area is 170 Å². The molecule has 6 heteroatoms. The molecule has 0 saturated carbocycles. The fraction of sp³-hybridized carbons (Fsp3) is 0.429. The van der Waals surface area contributed by atoms with Gasteiger partial charge in [-0.3, -0.25) is 0 Å². The van der Waals surface area contributed by atoms with Gasteiger partial charge in [-0.1, -0.05) is 43.2 Å². The van der Waals surface area contributed by atoms with E-state index >= 15 is 0 Å². The van der Waals surface area contributed by atoms with E-state index in [-0.39, 0.29) is 5.97 Å². The molecular weight excluding hydrogens is 376 g/mol. The zero-order chi connectivity index (χ0) is 19.1. The number of thiophene rings is 1. The molecule has 4 nitrogen and oxygen atoms in total. The van der Waals surface area contributed by atoms with Crippen molar-refractivity contribution in [2.75, 3.05) is 25.0 Å². The number of esters is 1. The van der Waals surface area contributed by atoms with Gasteiger partial charge in [0.25, 0.3) is 0 Å². The zero-order valence-electron chi connectivity index (χ0n) is 15.7. The lowest BCUT2D eigenvalue weighted by atomic mass is 10.1. The van der Waals surface area contributed by atoms with Crippen LogP contribution in [0.5, 0.6) is 0 Å². The first-order valence-electron chi connectivity index (χ1n) is 9.57. The van der Waals surface area contributed by atoms with Crippen molar-refractivity contribution >= 4 is 39.6 Å². The molecule has 1 aromatic carbocycles. The number of anilines is 1. The van der Waals surface area contributed by atoms with Crippen LogP contribution in [0, 0.1) is 0 Å². The van der Waals surface area contributed by atoms with Crippen molar-refractivity contribution in [2.45, 2.75) is 39.0 Å². The van der Waals surface area contributed by atoms with Crippen molar-refractivity contribution in [1.29, 1.82) is 0 Å². The number of likely N-dealkylation sites (tertiary alicyclic amines) is 1. The molecule has 144 valence electrons. The number of nitrogens with one attached hydrogen (secondary N) is 1. The maximum atomic E-state index is 12.4. The molecule has 1 fully saturated rings. The number of hydrogen-bond donors (Lipinski definition) is 1. The first-order valence-corrected chi connectivity index (χ1v) is 10.8. The first-order chi connectivity index (χ1) is 13.2. The standard InChI is InChI=1S/C21H26N2O2S2/c1-2-25-20(24)18-15-17(14-16-10-6-5-7-11-16)27-19(18)22-21(26)23-12-8-3-4-9-13-23/h5-7,10-11,15H,2-4,8-9,12-14H2,1H3,(H,22,26). The zero-order valence-corrected chi connectivity index (χ0v) is 17.3. The Morgan fingerprint density at radius 3 is 2.56 bits per heavy atom. The summed E-state index contributed by atoms with van der Waals surface area (Å²) in [5, 5.41) is 4.82. The summed E-state index contributed by atoms with van der Waals surface area (Å²) in [4.78, 5) is 15.8. The van der Waals surface area contributed by atoms with Crippen molar-refractivity contribution in [2.24, 2.45) is 0 Å². The third kappa shape index (κ3) is 5.53. The van der Waals surface area contributed by atoms with Gasteiger partial charge in [0.05, 0.1) is 12.2 Å². The summed E-state index contributed by atoms with van der Waals surface area (Å²) in [5.74, 6) is -0.297. The Balaban J connectivity index is 1.78. The van der Waals surface area contributed by atoms with Gasteiger partial charge in [-0.25, -0.2) is 4.79 Å². The average molecular weight is 403 g/mol. The third-order valence-corrected chi connectivity index (χ3v) is 6.02. The van der Waals surface area contributed by atoms with E-state index in [1.54, 1.807) is 11.3 Å². The van der Waals surface area contributed by atoms with E-state index < -0.39 is 0 Å². The summed E-state index contributed by atoms with van der Waals surface area (Å²) in [5.41, 5.74) is 1.79. The maximum absolute atomic E-state index is 12.4. The molecule has 0 unspecified atom stereocenters. The number of rotatable bonds is 5. The molecule has 1 aliphatic rings. The predicted octanol–water partition coefficient (Wildman–Crippen LogP) is 5.09. The van der Waals surface area contributed by atoms with Gasteiger partial charge in [-0.05, 0) is 43.6 Å². The number of benzene rings is 1. The molecule has 3 rings (SSSR count). The number of thiocarbonyl (C=S) groups is 1. The van der Waals surface area contributed by atoms with Crippen LogP contribution in [-0.4, -0.2) is 35.7 Å². The second kappa shape index (κ2) is 9.85. The molecule has 1 saturated heterocycles. The van der Waals surface area contributed by atoms with E-state index in [2.05, 4.69) is 22.3 Å². The fourth-order valence-electron chi connectivity index (χ4n) is 3.23. The highest BCUT2D eigenvalue weighted by molar-refractivity contribution is 7.80. The number of hydrogen-bond acceptors (Lipinski definition) is 4. The van der Waals surface area contributed by atoms with Crippen molar-refractivity contribution < 1.29 is 9.53 Å². The quantitative estimate of drug-likeness (QED) is 0.557. The molecule has 2 aromatic rings. The SMILES string of the molecule is CCOC(=O)c1cc(Cc2ccccc2)sc1NC(=S)N1CCCCCC1. The molecule has 0 spiro atoms. The van der Waals surface area contributed by atoms with Crippen LogP contribution in [-0.2, 0) is 11.2 Å². The first kappa shape index (κ1) is 19.8. The van der Waals surface area contributed by atoms with Gasteiger partial charge in [-0.15, -0.1) is 11.3 Å². The molecule has 2 heterocycles. The average Bonchev–Trinajstić information content (AvgIpc) is 2.88. The molecule has 1 aliphatic heterocycles. The Hall–Kier alpha value is -1.92. The van der Waals surface area contributed by atoms with Gasteiger partial charge in [0.2, 0.25) is 0 Å². The number of carbonyl (C=O) groups excluding carboxylic acids is 1. The van der Waals surface area contributed by atoms with Gasteiger partial charge in [-0.2, -0.15) is 0 Å². The minimum absolute atomic E-state index is 0.297. The summed E-state index contributed by atoms with van der Waals surface area (Å²) >= 11 is 7.22. The highest BCUT2D eigenvalue weighted by Crippen LogP contribution is 2.31. The second-order valence-electron chi connectivity index (χ2n) is 6.67. The molecule has 0 aliphatic carbocycles. The highest BCUT2D eigenvalue weighted by atomic mass is 32.1. The third-order valence-electron chi connectivity index (χ3n) is 4.61. The lowest BCUT2D eigenvalue weighted by molar-refractivity contribution is 0.0528. The second-order valence-corrected chi connectivity index (χ2v) is 8.19. The molecule has 27 heavy (non-hydrogen) atoms. The van der Waals surface area contributed by atoms with Crippen molar-refractivity contribution in [1.82, 2.24) is 4.90 Å². The van der Waals surface area contributed by atoms with Gasteiger partial charge in [0.1, 0.15) is 5.00 Å². The van der Waals surface area contributed by atoms with E-state index in [0.29, 0.717) is 17.3 Å². The van der Waals surface area contributed by atoms with Crippen LogP contribution in [0.25, 0.3) is 0 Å². The molecule has 0 bridgehead atoms. The summed E-state index contributed by atoms with van der Waals surface area (Å²) in [6, 6.07) is 12.2. The summed E-state index contributed by atoms with van der Waals surface area (Å²) < 4.78 is 5.25. The van der Waals surface area contributed by atoms with Crippen molar-refractivity contribution in [3.8, 4) is 0 Å². The predicted molar refractivity (Wildman–Crippen MR) is 116 cm³/mol. The van der Waals surface area contributed by atoms with Crippen molar-refractivity contribution in [3.63, 3.8) is 0 Å². The van der Waals surface area contributed by atoms with Gasteiger partial charge in [0.15, 0.2) is 5.11 Å². The summed E-state index contributed by atoms with van der Waals surface area (Å²) in [6.07, 6.45) is 5.63. The monoisotopic (exact) mass is 402 g/mol. The Bertz CT molecular complexity index is 766. The van der Waals surface area contributed by atoms with E-state index in [1.807, 2.05) is 31.2 Å². The molecule has 0 amide bonds. The molecule has 0 radical (unpaired) electrons. The highest BCUT2D eigenvalue weighted by Gasteiger charge is 2.20. The van der Waals surface area contributed by atoms with Crippen LogP contribution in [0.4, 0.5) is 5.00 Å². The van der Waals surface area contributed by atoms with E-state index in [1.165, 1.54) is 18.4 Å². The molecular formula is C21H26N2O2S2. The van der Waals surface area contributed by atoms with Crippen molar-refractivity contribution in [3.05, 3.63) is 52.4 Å². The minimum atomic E-state index is -0.297. The number of nitrogens with zero attached hydrogens (tertiary/aromatic N) is 1. The summed E-state index contributed by atoms with van der Waals surface area (Å²) in [7, 11) is 0. The van der Waals surface area contributed by atoms with Gasteiger partial charge in [0, 0.05) is 24.4 Å². The fourth-order valence-corrected chi connectivity index (χ4v) is 4.66. The van der Waals surface area contributed by atoms with Crippen LogP contribution in [0.1, 0.15) is 53.4 Å². The molecule has 1 N–H and O–H groups in total. The molecule has 1 aromatic heterocycles. The normalized spacial score (nSPS) is 14.5. The van der Waals surface area contributed by atoms with E-state index in [0.717, 1.165) is 42.2 Å². The largest absolute Gasteiger partial charge is 0.462 e. The lowest BCUT2D eigenvalue weighted by Gasteiger charge is -2.23. The van der Waals surface area contributed by atoms with E-state index in [4.69, 9.17) is 17.0 Å². The van der Waals surface area contributed by atoms with Gasteiger partial charge >= 0.3 is 5.97 Å². The maximum Gasteiger partial charge on any atom is 0.341 e.